The topological polar surface area (TPSA) is 24.8 Å². The molecule has 0 fully saturated rings. The summed E-state index contributed by atoms with van der Waals surface area (Å²) in [5.74, 6) is 1.42. The van der Waals surface area contributed by atoms with E-state index in [0.29, 0.717) is 15.8 Å². The van der Waals surface area contributed by atoms with Gasteiger partial charge in [0.15, 0.2) is 0 Å². The molecular formula is C27H26Cl2N2O. The SMILES string of the molecule is CCN1c2cc(Cl)c(C=Nc3ccc(Oc4cccc(Cl)c4)cc3)cc2C(C)=CC1(C)C. The number of ether oxygens (including phenoxy) is 1. The van der Waals surface area contributed by atoms with Gasteiger partial charge in [0.05, 0.1) is 16.2 Å². The molecule has 1 aliphatic rings. The highest BCUT2D eigenvalue weighted by Crippen LogP contribution is 2.41. The minimum atomic E-state index is -0.0420. The minimum Gasteiger partial charge on any atom is -0.457 e. The largest absolute Gasteiger partial charge is 0.457 e. The number of rotatable bonds is 5. The smallest absolute Gasteiger partial charge is 0.128 e. The lowest BCUT2D eigenvalue weighted by molar-refractivity contribution is 0.483. The summed E-state index contributed by atoms with van der Waals surface area (Å²) in [5.41, 5.74) is 5.29. The Labute approximate surface area is 200 Å². The molecule has 0 aliphatic carbocycles. The fourth-order valence-electron chi connectivity index (χ4n) is 4.20. The Kier molecular flexibility index (Phi) is 6.32. The second-order valence-electron chi connectivity index (χ2n) is 8.43. The fourth-order valence-corrected chi connectivity index (χ4v) is 4.59. The van der Waals surface area contributed by atoms with Crippen molar-refractivity contribution in [1.29, 1.82) is 0 Å². The van der Waals surface area contributed by atoms with Gasteiger partial charge in [-0.2, -0.15) is 0 Å². The van der Waals surface area contributed by atoms with Gasteiger partial charge in [0.2, 0.25) is 0 Å². The second-order valence-corrected chi connectivity index (χ2v) is 9.27. The van der Waals surface area contributed by atoms with Crippen LogP contribution in [0.1, 0.15) is 38.8 Å². The van der Waals surface area contributed by atoms with E-state index in [-0.39, 0.29) is 5.54 Å². The van der Waals surface area contributed by atoms with Crippen LogP contribution in [0.4, 0.5) is 11.4 Å². The Hall–Kier alpha value is -2.75. The molecule has 0 saturated heterocycles. The van der Waals surface area contributed by atoms with Crippen LogP contribution in [-0.2, 0) is 0 Å². The maximum absolute atomic E-state index is 6.65. The Morgan fingerprint density at radius 3 is 2.44 bits per heavy atom. The van der Waals surface area contributed by atoms with E-state index in [1.807, 2.05) is 48.7 Å². The van der Waals surface area contributed by atoms with E-state index in [1.54, 1.807) is 6.07 Å². The number of halogens is 2. The lowest BCUT2D eigenvalue weighted by atomic mass is 9.88. The van der Waals surface area contributed by atoms with Crippen LogP contribution in [0.2, 0.25) is 10.0 Å². The first-order chi connectivity index (χ1) is 15.3. The molecule has 0 atom stereocenters. The zero-order valence-electron chi connectivity index (χ0n) is 18.7. The molecule has 0 radical (unpaired) electrons. The van der Waals surface area contributed by atoms with E-state index in [4.69, 9.17) is 27.9 Å². The molecule has 32 heavy (non-hydrogen) atoms. The first-order valence-electron chi connectivity index (χ1n) is 10.7. The summed E-state index contributed by atoms with van der Waals surface area (Å²) in [6.45, 7) is 9.69. The summed E-state index contributed by atoms with van der Waals surface area (Å²) < 4.78 is 5.84. The number of fused-ring (bicyclic) bond motifs is 1. The van der Waals surface area contributed by atoms with Crippen molar-refractivity contribution >= 4 is 46.4 Å². The van der Waals surface area contributed by atoms with Gasteiger partial charge >= 0.3 is 0 Å². The highest BCUT2D eigenvalue weighted by atomic mass is 35.5. The molecule has 0 bridgehead atoms. The molecule has 0 amide bonds. The molecule has 3 nitrogen and oxygen atoms in total. The zero-order valence-corrected chi connectivity index (χ0v) is 20.2. The number of hydrogen-bond acceptors (Lipinski definition) is 3. The van der Waals surface area contributed by atoms with Gasteiger partial charge in [-0.05, 0) is 87.9 Å². The van der Waals surface area contributed by atoms with E-state index in [2.05, 4.69) is 55.8 Å². The van der Waals surface area contributed by atoms with Gasteiger partial charge in [-0.25, -0.2) is 0 Å². The van der Waals surface area contributed by atoms with E-state index < -0.39 is 0 Å². The Bertz CT molecular complexity index is 1200. The van der Waals surface area contributed by atoms with Crippen LogP contribution in [0.15, 0.2) is 71.7 Å². The summed E-state index contributed by atoms with van der Waals surface area (Å²) in [7, 11) is 0. The lowest BCUT2D eigenvalue weighted by Crippen LogP contribution is -2.44. The molecule has 0 saturated carbocycles. The third-order valence-corrected chi connectivity index (χ3v) is 6.20. The first kappa shape index (κ1) is 22.4. The molecule has 0 N–H and O–H groups in total. The zero-order chi connectivity index (χ0) is 22.9. The van der Waals surface area contributed by atoms with Gasteiger partial charge < -0.3 is 9.64 Å². The highest BCUT2D eigenvalue weighted by Gasteiger charge is 2.30. The van der Waals surface area contributed by atoms with E-state index in [1.165, 1.54) is 16.8 Å². The number of nitrogens with zero attached hydrogens (tertiary/aromatic N) is 2. The summed E-state index contributed by atoms with van der Waals surface area (Å²) in [6, 6.07) is 19.1. The molecule has 5 heteroatoms. The maximum Gasteiger partial charge on any atom is 0.128 e. The normalized spacial score (nSPS) is 14.9. The predicted octanol–water partition coefficient (Wildman–Crippen LogP) is 8.56. The van der Waals surface area contributed by atoms with Crippen molar-refractivity contribution in [3.05, 3.63) is 87.9 Å². The van der Waals surface area contributed by atoms with Crippen LogP contribution in [0, 0.1) is 0 Å². The number of aliphatic imine (C=N–C) groups is 1. The molecule has 0 aromatic heterocycles. The van der Waals surface area contributed by atoms with Crippen molar-refractivity contribution in [3.8, 4) is 11.5 Å². The van der Waals surface area contributed by atoms with Crippen molar-refractivity contribution in [3.63, 3.8) is 0 Å². The first-order valence-corrected chi connectivity index (χ1v) is 11.4. The summed E-state index contributed by atoms with van der Waals surface area (Å²) in [4.78, 5) is 7.00. The van der Waals surface area contributed by atoms with Gasteiger partial charge in [0.1, 0.15) is 11.5 Å². The predicted molar refractivity (Wildman–Crippen MR) is 137 cm³/mol. The number of hydrogen-bond donors (Lipinski definition) is 0. The fraction of sp³-hybridized carbons (Fsp3) is 0.222. The number of anilines is 1. The molecule has 3 aromatic rings. The lowest BCUT2D eigenvalue weighted by Gasteiger charge is -2.43. The molecule has 0 spiro atoms. The van der Waals surface area contributed by atoms with Crippen LogP contribution in [-0.4, -0.2) is 18.3 Å². The maximum atomic E-state index is 6.65. The quantitative estimate of drug-likeness (QED) is 0.353. The molecule has 1 heterocycles. The summed E-state index contributed by atoms with van der Waals surface area (Å²) >= 11 is 12.7. The standard InChI is InChI=1S/C27H26Cl2N2O/c1-5-31-26-15-25(29)19(13-24(26)18(2)16-27(31,3)4)17-30-21-9-11-22(12-10-21)32-23-8-6-7-20(28)14-23/h6-17H,5H2,1-4H3. The van der Waals surface area contributed by atoms with E-state index in [9.17, 15) is 0 Å². The highest BCUT2D eigenvalue weighted by molar-refractivity contribution is 6.33. The van der Waals surface area contributed by atoms with E-state index >= 15 is 0 Å². The molecular weight excluding hydrogens is 439 g/mol. The van der Waals surface area contributed by atoms with Crippen LogP contribution in [0.5, 0.6) is 11.5 Å². The molecule has 0 unspecified atom stereocenters. The average molecular weight is 465 g/mol. The van der Waals surface area contributed by atoms with E-state index in [0.717, 1.165) is 23.5 Å². The second kappa shape index (κ2) is 9.01. The summed E-state index contributed by atoms with van der Waals surface area (Å²) in [6.07, 6.45) is 4.13. The van der Waals surface area contributed by atoms with Crippen molar-refractivity contribution < 1.29 is 4.74 Å². The van der Waals surface area contributed by atoms with Crippen LogP contribution in [0.3, 0.4) is 0 Å². The number of benzene rings is 3. The number of likely N-dealkylation sites (N-methyl/N-ethyl adjacent to an activating group) is 1. The summed E-state index contributed by atoms with van der Waals surface area (Å²) in [5, 5.41) is 1.33. The Morgan fingerprint density at radius 1 is 1.00 bits per heavy atom. The monoisotopic (exact) mass is 464 g/mol. The third kappa shape index (κ3) is 4.69. The van der Waals surface area contributed by atoms with Crippen LogP contribution >= 0.6 is 23.2 Å². The van der Waals surface area contributed by atoms with Crippen molar-refractivity contribution in [2.75, 3.05) is 11.4 Å². The van der Waals surface area contributed by atoms with Gasteiger partial charge in [-0.15, -0.1) is 0 Å². The van der Waals surface area contributed by atoms with Gasteiger partial charge in [0.25, 0.3) is 0 Å². The van der Waals surface area contributed by atoms with Gasteiger partial charge in [-0.3, -0.25) is 4.99 Å². The van der Waals surface area contributed by atoms with Gasteiger partial charge in [0, 0.05) is 34.6 Å². The molecule has 4 rings (SSSR count). The van der Waals surface area contributed by atoms with Gasteiger partial charge in [-0.1, -0.05) is 35.3 Å². The molecule has 164 valence electrons. The Balaban J connectivity index is 1.56. The minimum absolute atomic E-state index is 0.0420. The Morgan fingerprint density at radius 2 is 1.75 bits per heavy atom. The molecule has 1 aliphatic heterocycles. The van der Waals surface area contributed by atoms with Crippen molar-refractivity contribution in [2.45, 2.75) is 33.2 Å². The van der Waals surface area contributed by atoms with Crippen molar-refractivity contribution in [2.24, 2.45) is 4.99 Å². The average Bonchev–Trinajstić information content (AvgIpc) is 2.73. The number of allylic oxidation sites excluding steroid dienone is 1. The van der Waals surface area contributed by atoms with Crippen LogP contribution < -0.4 is 9.64 Å². The van der Waals surface area contributed by atoms with Crippen molar-refractivity contribution in [1.82, 2.24) is 0 Å². The molecule has 3 aromatic carbocycles. The third-order valence-electron chi connectivity index (χ3n) is 5.63. The van der Waals surface area contributed by atoms with Crippen LogP contribution in [0.25, 0.3) is 5.57 Å².